The molecule has 0 N–H and O–H groups in total. The first-order valence-electron chi connectivity index (χ1n) is 17.7. The molecule has 0 unspecified atom stereocenters. The summed E-state index contributed by atoms with van der Waals surface area (Å²) in [5, 5.41) is 0. The van der Waals surface area contributed by atoms with Gasteiger partial charge in [0, 0.05) is 12.8 Å². The van der Waals surface area contributed by atoms with E-state index in [9.17, 15) is 17.8 Å². The molecule has 0 fully saturated rings. The van der Waals surface area contributed by atoms with Crippen LogP contribution in [0.4, 0.5) is 0 Å². The van der Waals surface area contributed by atoms with Crippen molar-refractivity contribution in [2.75, 3.05) is 33.9 Å². The zero-order valence-corrected chi connectivity index (χ0v) is 29.4. The molecule has 0 aliphatic heterocycles. The number of carbonyl (C=O) groups is 1. The van der Waals surface area contributed by atoms with Crippen molar-refractivity contribution in [1.29, 1.82) is 0 Å². The van der Waals surface area contributed by atoms with Gasteiger partial charge in [-0.1, -0.05) is 149 Å². The van der Waals surface area contributed by atoms with Gasteiger partial charge in [0.15, 0.2) is 0 Å². The number of quaternary nitrogens is 1. The van der Waals surface area contributed by atoms with Crippen LogP contribution in [0.2, 0.25) is 0 Å². The maximum absolute atomic E-state index is 12.3. The van der Waals surface area contributed by atoms with Gasteiger partial charge in [0.1, 0.15) is 25.5 Å². The van der Waals surface area contributed by atoms with E-state index in [1.807, 2.05) is 0 Å². The standard InChI is InChI=1S/C33H68NO2.CH4O4S/c1-5-8-11-12-13-14-15-16-17-18-19-20-21-22-23-24-25-26-27-28-33(35)29-32-36-34(4,30-9-6-2)31-10-7-3;1-5-6(2,3)4/h5-32H2,1-4H3;1H3,(H,2,3,4)/q+1;/p-1. The summed E-state index contributed by atoms with van der Waals surface area (Å²) >= 11 is 0. The molecule has 0 aliphatic carbocycles. The van der Waals surface area contributed by atoms with Crippen LogP contribution in [0.15, 0.2) is 0 Å². The van der Waals surface area contributed by atoms with Crippen LogP contribution in [-0.2, 0) is 24.2 Å². The van der Waals surface area contributed by atoms with Crippen molar-refractivity contribution in [2.45, 2.75) is 181 Å². The van der Waals surface area contributed by atoms with E-state index in [2.05, 4.69) is 32.0 Å². The van der Waals surface area contributed by atoms with Gasteiger partial charge in [-0.05, 0) is 19.3 Å². The molecule has 7 nitrogen and oxygen atoms in total. The summed E-state index contributed by atoms with van der Waals surface area (Å²) in [6.45, 7) is 9.46. The van der Waals surface area contributed by atoms with E-state index in [0.29, 0.717) is 23.5 Å². The Balaban J connectivity index is 0. The van der Waals surface area contributed by atoms with Crippen LogP contribution in [0.5, 0.6) is 0 Å². The molecule has 0 radical (unpaired) electrons. The zero-order chi connectivity index (χ0) is 31.8. The van der Waals surface area contributed by atoms with E-state index in [1.54, 1.807) is 0 Å². The summed E-state index contributed by atoms with van der Waals surface area (Å²) in [6, 6.07) is 0. The fraction of sp³-hybridized carbons (Fsp3) is 0.971. The number of rotatable bonds is 31. The van der Waals surface area contributed by atoms with Crippen LogP contribution in [0.3, 0.4) is 0 Å². The fourth-order valence-electron chi connectivity index (χ4n) is 5.13. The summed E-state index contributed by atoms with van der Waals surface area (Å²) in [4.78, 5) is 18.4. The van der Waals surface area contributed by atoms with E-state index in [1.165, 1.54) is 141 Å². The van der Waals surface area contributed by atoms with Gasteiger partial charge in [-0.2, -0.15) is 4.65 Å². The second-order valence-corrected chi connectivity index (χ2v) is 13.4. The predicted molar refractivity (Wildman–Crippen MR) is 176 cm³/mol. The summed E-state index contributed by atoms with van der Waals surface area (Å²) in [7, 11) is -1.42. The van der Waals surface area contributed by atoms with Gasteiger partial charge in [-0.3, -0.25) is 8.98 Å². The first-order chi connectivity index (χ1) is 20.1. The van der Waals surface area contributed by atoms with Crippen molar-refractivity contribution in [2.24, 2.45) is 0 Å². The zero-order valence-electron chi connectivity index (χ0n) is 28.6. The topological polar surface area (TPSA) is 92.7 Å². The number of ketones is 1. The third-order valence-corrected chi connectivity index (χ3v) is 8.42. The molecular formula is C34H71NO6S. The SMILES string of the molecule is CCCCCCCCCCCCCCCCCCCCCC(=O)CCO[N+](C)(CCCC)CCCC.COS(=O)(=O)[O-]. The third kappa shape index (κ3) is 35.7. The lowest BCUT2D eigenvalue weighted by Gasteiger charge is -2.31. The van der Waals surface area contributed by atoms with Gasteiger partial charge in [0.2, 0.25) is 10.4 Å². The van der Waals surface area contributed by atoms with Crippen LogP contribution in [0, 0.1) is 0 Å². The molecular weight excluding hydrogens is 550 g/mol. The molecule has 8 heteroatoms. The summed E-state index contributed by atoms with van der Waals surface area (Å²) in [5.41, 5.74) is 0. The van der Waals surface area contributed by atoms with Crippen LogP contribution in [0.25, 0.3) is 0 Å². The van der Waals surface area contributed by atoms with Gasteiger partial charge in [0.25, 0.3) is 0 Å². The highest BCUT2D eigenvalue weighted by atomic mass is 32.3. The average Bonchev–Trinajstić information content (AvgIpc) is 2.96. The number of carbonyl (C=O) groups excluding carboxylic acids is 1. The van der Waals surface area contributed by atoms with Gasteiger partial charge in [0.05, 0.1) is 14.2 Å². The smallest absolute Gasteiger partial charge is 0.217 e. The van der Waals surface area contributed by atoms with Crippen LogP contribution >= 0.6 is 0 Å². The minimum atomic E-state index is -4.41. The van der Waals surface area contributed by atoms with E-state index >= 15 is 0 Å². The van der Waals surface area contributed by atoms with E-state index in [-0.39, 0.29) is 0 Å². The molecule has 0 bridgehead atoms. The minimum absolute atomic E-state index is 0.388. The summed E-state index contributed by atoms with van der Waals surface area (Å²) < 4.78 is 31.7. The van der Waals surface area contributed by atoms with Crippen LogP contribution < -0.4 is 0 Å². The molecule has 0 saturated heterocycles. The molecule has 0 heterocycles. The lowest BCUT2D eigenvalue weighted by Crippen LogP contribution is -2.45. The molecule has 0 aromatic heterocycles. The third-order valence-electron chi connectivity index (χ3n) is 8.02. The molecule has 0 aliphatic rings. The molecule has 0 rings (SSSR count). The Morgan fingerprint density at radius 3 is 1.19 bits per heavy atom. The fourth-order valence-corrected chi connectivity index (χ4v) is 5.13. The predicted octanol–water partition coefficient (Wildman–Crippen LogP) is 9.84. The molecule has 0 amide bonds. The van der Waals surface area contributed by atoms with Crippen LogP contribution in [0.1, 0.15) is 181 Å². The van der Waals surface area contributed by atoms with Gasteiger partial charge in [-0.25, -0.2) is 13.3 Å². The highest BCUT2D eigenvalue weighted by Gasteiger charge is 2.22. The van der Waals surface area contributed by atoms with Gasteiger partial charge in [-0.15, -0.1) is 0 Å². The summed E-state index contributed by atoms with van der Waals surface area (Å²) in [5.74, 6) is 0.388. The highest BCUT2D eigenvalue weighted by Crippen LogP contribution is 2.15. The average molecular weight is 622 g/mol. The molecule has 0 saturated carbocycles. The number of Topliss-reactive ketones (excluding diaryl/α,β-unsaturated/α-hetero) is 1. The minimum Gasteiger partial charge on any atom is -0.726 e. The van der Waals surface area contributed by atoms with E-state index in [4.69, 9.17) is 4.84 Å². The first-order valence-corrected chi connectivity index (χ1v) is 19.0. The Bertz CT molecular complexity index is 663. The Labute approximate surface area is 262 Å². The van der Waals surface area contributed by atoms with Crippen molar-refractivity contribution in [3.8, 4) is 0 Å². The Morgan fingerprint density at radius 2 is 0.881 bits per heavy atom. The quantitative estimate of drug-likeness (QED) is 0.0251. The lowest BCUT2D eigenvalue weighted by molar-refractivity contribution is -1.09. The van der Waals surface area contributed by atoms with E-state index in [0.717, 1.165) is 33.0 Å². The van der Waals surface area contributed by atoms with Crippen molar-refractivity contribution in [1.82, 2.24) is 0 Å². The maximum atomic E-state index is 12.3. The Hall–Kier alpha value is -0.540. The van der Waals surface area contributed by atoms with Gasteiger partial charge < -0.3 is 4.55 Å². The molecule has 254 valence electrons. The number of nitrogens with zero attached hydrogens (tertiary/aromatic N) is 1. The number of hydrogen-bond acceptors (Lipinski definition) is 6. The molecule has 0 atom stereocenters. The van der Waals surface area contributed by atoms with Crippen molar-refractivity contribution in [3.63, 3.8) is 0 Å². The lowest BCUT2D eigenvalue weighted by atomic mass is 10.0. The first kappa shape index (κ1) is 43.6. The number of hydroxylamine groups is 3. The van der Waals surface area contributed by atoms with Gasteiger partial charge >= 0.3 is 0 Å². The number of unbranched alkanes of at least 4 members (excludes halogenated alkanes) is 20. The Kier molecular flexibility index (Phi) is 33.1. The second-order valence-electron chi connectivity index (χ2n) is 12.3. The largest absolute Gasteiger partial charge is 0.726 e. The van der Waals surface area contributed by atoms with Crippen molar-refractivity contribution >= 4 is 16.2 Å². The van der Waals surface area contributed by atoms with Crippen LogP contribution in [-0.4, -0.2) is 57.3 Å². The van der Waals surface area contributed by atoms with Crippen molar-refractivity contribution in [3.05, 3.63) is 0 Å². The van der Waals surface area contributed by atoms with Crippen molar-refractivity contribution < 1.29 is 31.4 Å². The maximum Gasteiger partial charge on any atom is 0.217 e. The molecule has 0 aromatic carbocycles. The molecule has 0 aromatic rings. The summed E-state index contributed by atoms with van der Waals surface area (Å²) in [6.07, 6.45) is 32.5. The molecule has 42 heavy (non-hydrogen) atoms. The normalized spacial score (nSPS) is 11.9. The second kappa shape index (κ2) is 31.9. The van der Waals surface area contributed by atoms with E-state index < -0.39 is 10.4 Å². The Morgan fingerprint density at radius 1 is 0.571 bits per heavy atom. The molecule has 0 spiro atoms. The number of hydrogen-bond donors (Lipinski definition) is 0. The highest BCUT2D eigenvalue weighted by molar-refractivity contribution is 7.80. The monoisotopic (exact) mass is 622 g/mol.